The second-order valence-corrected chi connectivity index (χ2v) is 5.71. The molecule has 5 N–H and O–H groups in total. The molecule has 4 aromatic rings. The summed E-state index contributed by atoms with van der Waals surface area (Å²) in [7, 11) is 0. The van der Waals surface area contributed by atoms with E-state index in [0.29, 0.717) is 23.0 Å². The minimum Gasteiger partial charge on any atom is -0.366 e. The molecule has 0 spiro atoms. The number of primary amides is 1. The first-order valence-electron chi connectivity index (χ1n) is 7.68. The lowest BCUT2D eigenvalue weighted by Crippen LogP contribution is -2.12. The van der Waals surface area contributed by atoms with Crippen molar-refractivity contribution in [3.63, 3.8) is 0 Å². The first-order chi connectivity index (χ1) is 12.1. The number of carbonyl (C=O) groups is 1. The number of hydrogen-bond acceptors (Lipinski definition) is 5. The molecule has 4 rings (SSSR count). The van der Waals surface area contributed by atoms with E-state index >= 15 is 0 Å². The van der Waals surface area contributed by atoms with Crippen molar-refractivity contribution in [1.82, 2.24) is 15.1 Å². The fourth-order valence-electron chi connectivity index (χ4n) is 2.68. The third-order valence-electron chi connectivity index (χ3n) is 4.05. The maximum Gasteiger partial charge on any atom is 0.250 e. The Morgan fingerprint density at radius 1 is 1.12 bits per heavy atom. The zero-order valence-electron chi connectivity index (χ0n) is 13.1. The van der Waals surface area contributed by atoms with Crippen LogP contribution in [-0.4, -0.2) is 21.0 Å². The van der Waals surface area contributed by atoms with Crippen molar-refractivity contribution >= 4 is 16.7 Å². The molecule has 2 heterocycles. The van der Waals surface area contributed by atoms with Gasteiger partial charge in [-0.1, -0.05) is 41.6 Å². The van der Waals surface area contributed by atoms with Gasteiger partial charge in [0.25, 0.3) is 0 Å². The van der Waals surface area contributed by atoms with Crippen molar-refractivity contribution in [2.45, 2.75) is 6.04 Å². The number of rotatable bonds is 4. The molecule has 1 unspecified atom stereocenters. The Morgan fingerprint density at radius 3 is 2.68 bits per heavy atom. The highest BCUT2D eigenvalue weighted by Crippen LogP contribution is 2.24. The molecule has 0 saturated heterocycles. The van der Waals surface area contributed by atoms with Crippen LogP contribution in [0.3, 0.4) is 0 Å². The molecule has 0 radical (unpaired) electrons. The van der Waals surface area contributed by atoms with Crippen molar-refractivity contribution < 1.29 is 9.32 Å². The molecule has 2 aromatic heterocycles. The Morgan fingerprint density at radius 2 is 1.92 bits per heavy atom. The number of H-pyrrole nitrogens is 1. The van der Waals surface area contributed by atoms with Gasteiger partial charge >= 0.3 is 0 Å². The Bertz CT molecular complexity index is 1070. The van der Waals surface area contributed by atoms with Gasteiger partial charge in [0, 0.05) is 6.20 Å². The van der Waals surface area contributed by atoms with Crippen LogP contribution in [0.5, 0.6) is 0 Å². The van der Waals surface area contributed by atoms with Gasteiger partial charge in [0.05, 0.1) is 11.3 Å². The fourth-order valence-corrected chi connectivity index (χ4v) is 2.68. The standard InChI is InChI=1S/C18H15N5O2/c19-15(12-6-5-10-3-1-2-4-11(10)7-12)18-22-17(23-25-18)14-8-13(9-21-14)16(20)24/h1-9,15,21H,19H2,(H2,20,24). The predicted octanol–water partition coefficient (Wildman–Crippen LogP) is 2.36. The van der Waals surface area contributed by atoms with Crippen molar-refractivity contribution in [2.24, 2.45) is 11.5 Å². The third kappa shape index (κ3) is 2.77. The highest BCUT2D eigenvalue weighted by Gasteiger charge is 2.19. The van der Waals surface area contributed by atoms with Crippen molar-refractivity contribution in [1.29, 1.82) is 0 Å². The lowest BCUT2D eigenvalue weighted by Gasteiger charge is -2.08. The van der Waals surface area contributed by atoms with Gasteiger partial charge in [0.15, 0.2) is 0 Å². The third-order valence-corrected chi connectivity index (χ3v) is 4.05. The average molecular weight is 333 g/mol. The molecular weight excluding hydrogens is 318 g/mol. The normalized spacial score (nSPS) is 12.4. The second kappa shape index (κ2) is 5.88. The van der Waals surface area contributed by atoms with Crippen LogP contribution < -0.4 is 11.5 Å². The van der Waals surface area contributed by atoms with Gasteiger partial charge in [0.2, 0.25) is 17.6 Å². The summed E-state index contributed by atoms with van der Waals surface area (Å²) < 4.78 is 5.29. The number of aromatic nitrogens is 3. The number of aromatic amines is 1. The topological polar surface area (TPSA) is 124 Å². The van der Waals surface area contributed by atoms with Gasteiger partial charge in [-0.15, -0.1) is 0 Å². The maximum absolute atomic E-state index is 11.2. The van der Waals surface area contributed by atoms with Gasteiger partial charge in [0.1, 0.15) is 6.04 Å². The Balaban J connectivity index is 1.64. The zero-order valence-corrected chi connectivity index (χ0v) is 13.1. The van der Waals surface area contributed by atoms with Crippen molar-refractivity contribution in [3.05, 3.63) is 71.7 Å². The van der Waals surface area contributed by atoms with E-state index in [1.165, 1.54) is 6.20 Å². The second-order valence-electron chi connectivity index (χ2n) is 5.71. The van der Waals surface area contributed by atoms with Gasteiger partial charge in [-0.3, -0.25) is 4.79 Å². The molecule has 7 nitrogen and oxygen atoms in total. The highest BCUT2D eigenvalue weighted by molar-refractivity contribution is 5.93. The summed E-state index contributed by atoms with van der Waals surface area (Å²) in [5.41, 5.74) is 13.3. The minimum absolute atomic E-state index is 0.292. The van der Waals surface area contributed by atoms with Crippen LogP contribution in [0.15, 0.2) is 59.3 Å². The van der Waals surface area contributed by atoms with Gasteiger partial charge < -0.3 is 21.0 Å². The molecule has 7 heteroatoms. The molecule has 2 aromatic carbocycles. The number of hydrogen-bond donors (Lipinski definition) is 3. The molecule has 0 saturated carbocycles. The smallest absolute Gasteiger partial charge is 0.250 e. The van der Waals surface area contributed by atoms with Crippen molar-refractivity contribution in [2.75, 3.05) is 0 Å². The molecule has 0 fully saturated rings. The molecule has 1 atom stereocenters. The van der Waals surface area contributed by atoms with E-state index in [4.69, 9.17) is 16.0 Å². The number of fused-ring (bicyclic) bond motifs is 1. The van der Waals surface area contributed by atoms with E-state index in [0.717, 1.165) is 16.3 Å². The number of benzene rings is 2. The number of carbonyl (C=O) groups excluding carboxylic acids is 1. The lowest BCUT2D eigenvalue weighted by molar-refractivity contribution is 0.100. The first-order valence-corrected chi connectivity index (χ1v) is 7.68. The van der Waals surface area contributed by atoms with Crippen LogP contribution in [0, 0.1) is 0 Å². The van der Waals surface area contributed by atoms with E-state index in [1.54, 1.807) is 6.07 Å². The predicted molar refractivity (Wildman–Crippen MR) is 92.6 cm³/mol. The number of nitrogens with one attached hydrogen (secondary N) is 1. The van der Waals surface area contributed by atoms with E-state index in [-0.39, 0.29) is 0 Å². The molecule has 1 amide bonds. The number of amides is 1. The van der Waals surface area contributed by atoms with Crippen LogP contribution in [0.25, 0.3) is 22.3 Å². The Labute approximate surface area is 142 Å². The maximum atomic E-state index is 11.2. The Hall–Kier alpha value is -3.45. The number of nitrogens with two attached hydrogens (primary N) is 2. The summed E-state index contributed by atoms with van der Waals surface area (Å²) in [4.78, 5) is 18.4. The zero-order chi connectivity index (χ0) is 17.4. The molecule has 0 bridgehead atoms. The highest BCUT2D eigenvalue weighted by atomic mass is 16.5. The van der Waals surface area contributed by atoms with Crippen LogP contribution in [0.2, 0.25) is 0 Å². The first kappa shape index (κ1) is 15.1. The quantitative estimate of drug-likeness (QED) is 0.529. The summed E-state index contributed by atoms with van der Waals surface area (Å²) in [6, 6.07) is 15.0. The molecule has 124 valence electrons. The molecule has 0 aliphatic heterocycles. The van der Waals surface area contributed by atoms with Gasteiger partial charge in [-0.05, 0) is 28.5 Å². The van der Waals surface area contributed by atoms with Crippen LogP contribution in [0.1, 0.15) is 27.9 Å². The molecule has 25 heavy (non-hydrogen) atoms. The number of nitrogens with zero attached hydrogens (tertiary/aromatic N) is 2. The van der Waals surface area contributed by atoms with E-state index in [1.807, 2.05) is 42.5 Å². The van der Waals surface area contributed by atoms with Crippen molar-refractivity contribution in [3.8, 4) is 11.5 Å². The minimum atomic E-state index is -0.545. The van der Waals surface area contributed by atoms with Gasteiger partial charge in [-0.25, -0.2) is 0 Å². The summed E-state index contributed by atoms with van der Waals surface area (Å²) >= 11 is 0. The summed E-state index contributed by atoms with van der Waals surface area (Å²) in [5, 5.41) is 6.14. The van der Waals surface area contributed by atoms with Crippen LogP contribution in [0.4, 0.5) is 0 Å². The summed E-state index contributed by atoms with van der Waals surface area (Å²) in [6.07, 6.45) is 1.50. The van der Waals surface area contributed by atoms with E-state index < -0.39 is 11.9 Å². The lowest BCUT2D eigenvalue weighted by atomic mass is 10.0. The molecular formula is C18H15N5O2. The SMILES string of the molecule is NC(=O)c1c[nH]c(-c2noc(C(N)c3ccc4ccccc4c3)n2)c1. The van der Waals surface area contributed by atoms with E-state index in [2.05, 4.69) is 15.1 Å². The van der Waals surface area contributed by atoms with Crippen LogP contribution >= 0.6 is 0 Å². The molecule has 0 aliphatic carbocycles. The largest absolute Gasteiger partial charge is 0.366 e. The molecule has 0 aliphatic rings. The summed E-state index contributed by atoms with van der Waals surface area (Å²) in [6.45, 7) is 0. The fraction of sp³-hybridized carbons (Fsp3) is 0.0556. The monoisotopic (exact) mass is 333 g/mol. The van der Waals surface area contributed by atoms with Gasteiger partial charge in [-0.2, -0.15) is 4.98 Å². The average Bonchev–Trinajstić information content (AvgIpc) is 3.30. The Kier molecular flexibility index (Phi) is 3.55. The van der Waals surface area contributed by atoms with Crippen LogP contribution in [-0.2, 0) is 0 Å². The van der Waals surface area contributed by atoms with E-state index in [9.17, 15) is 4.79 Å². The summed E-state index contributed by atoms with van der Waals surface area (Å²) in [5.74, 6) is 0.0818.